The van der Waals surface area contributed by atoms with Crippen molar-refractivity contribution in [3.05, 3.63) is 126 Å². The molecular weight excluding hydrogens is 490 g/mol. The van der Waals surface area contributed by atoms with Crippen LogP contribution in [0.1, 0.15) is 28.3 Å². The van der Waals surface area contributed by atoms with E-state index in [4.69, 9.17) is 9.47 Å². The van der Waals surface area contributed by atoms with Crippen LogP contribution in [-0.4, -0.2) is 34.5 Å². The number of fused-ring (bicyclic) bond motifs is 3. The molecule has 0 spiro atoms. The third-order valence-electron chi connectivity index (χ3n) is 7.00. The molecule has 0 bridgehead atoms. The topological polar surface area (TPSA) is 93.3 Å². The minimum Gasteiger partial charge on any atom is -0.457 e. The van der Waals surface area contributed by atoms with Gasteiger partial charge in [-0.1, -0.05) is 78.9 Å². The standard InChI is InChI=1S/C32H27N3O4/c36-31(34-17-16-23-19-33-20-35-23)29(18-22-10-7-9-21-8-1-2-11-24(21)22)39-32(37)30-25-12-3-5-14-27(25)38-28-15-6-4-13-26(28)30/h1-15,19-20,29-30H,16-18H2,(H,33,35)(H,34,36). The molecule has 39 heavy (non-hydrogen) atoms. The van der Waals surface area contributed by atoms with Gasteiger partial charge in [0.05, 0.1) is 6.33 Å². The maximum atomic E-state index is 13.9. The second kappa shape index (κ2) is 10.8. The number of esters is 1. The highest BCUT2D eigenvalue weighted by atomic mass is 16.5. The Hall–Kier alpha value is -4.91. The van der Waals surface area contributed by atoms with E-state index in [1.165, 1.54) is 0 Å². The Morgan fingerprint density at radius 2 is 1.59 bits per heavy atom. The van der Waals surface area contributed by atoms with Gasteiger partial charge < -0.3 is 19.8 Å². The average Bonchev–Trinajstić information content (AvgIpc) is 3.49. The molecule has 194 valence electrons. The molecule has 0 radical (unpaired) electrons. The lowest BCUT2D eigenvalue weighted by Crippen LogP contribution is -2.41. The summed E-state index contributed by atoms with van der Waals surface area (Å²) >= 11 is 0. The normalized spacial score (nSPS) is 13.1. The molecule has 0 fully saturated rings. The van der Waals surface area contributed by atoms with Crippen LogP contribution in [0.5, 0.6) is 11.5 Å². The zero-order valence-corrected chi connectivity index (χ0v) is 21.2. The van der Waals surface area contributed by atoms with Crippen LogP contribution < -0.4 is 10.1 Å². The lowest BCUT2D eigenvalue weighted by Gasteiger charge is -2.28. The zero-order valence-electron chi connectivity index (χ0n) is 21.2. The molecule has 1 atom stereocenters. The predicted octanol–water partition coefficient (Wildman–Crippen LogP) is 5.31. The summed E-state index contributed by atoms with van der Waals surface area (Å²) in [5, 5.41) is 5.03. The molecule has 7 nitrogen and oxygen atoms in total. The van der Waals surface area contributed by atoms with Crippen LogP contribution in [-0.2, 0) is 27.2 Å². The molecule has 1 amide bonds. The smallest absolute Gasteiger partial charge is 0.319 e. The van der Waals surface area contributed by atoms with Crippen LogP contribution in [0.15, 0.2) is 104 Å². The van der Waals surface area contributed by atoms with Crippen molar-refractivity contribution in [1.82, 2.24) is 15.3 Å². The molecular formula is C32H27N3O4. The summed E-state index contributed by atoms with van der Waals surface area (Å²) in [6, 6.07) is 28.8. The number of benzene rings is 4. The van der Waals surface area contributed by atoms with Crippen LogP contribution in [0.3, 0.4) is 0 Å². The number of imidazole rings is 1. The van der Waals surface area contributed by atoms with Gasteiger partial charge in [0.25, 0.3) is 5.91 Å². The highest BCUT2D eigenvalue weighted by Crippen LogP contribution is 2.44. The van der Waals surface area contributed by atoms with Gasteiger partial charge in [-0.3, -0.25) is 9.59 Å². The summed E-state index contributed by atoms with van der Waals surface area (Å²) in [6.45, 7) is 0.382. The molecule has 1 aliphatic heterocycles. The lowest BCUT2D eigenvalue weighted by atomic mass is 9.88. The highest BCUT2D eigenvalue weighted by Gasteiger charge is 2.36. The first-order valence-electron chi connectivity index (χ1n) is 12.9. The number of rotatable bonds is 8. The van der Waals surface area contributed by atoms with Crippen molar-refractivity contribution < 1.29 is 19.1 Å². The number of hydrogen-bond donors (Lipinski definition) is 2. The zero-order chi connectivity index (χ0) is 26.6. The van der Waals surface area contributed by atoms with Gasteiger partial charge >= 0.3 is 5.97 Å². The number of para-hydroxylation sites is 2. The number of carbonyl (C=O) groups is 2. The minimum atomic E-state index is -1.02. The first-order valence-corrected chi connectivity index (χ1v) is 12.9. The Bertz CT molecular complexity index is 1580. The first kappa shape index (κ1) is 24.4. The van der Waals surface area contributed by atoms with Crippen molar-refractivity contribution in [3.63, 3.8) is 0 Å². The van der Waals surface area contributed by atoms with Gasteiger partial charge in [0.2, 0.25) is 0 Å². The largest absolute Gasteiger partial charge is 0.457 e. The maximum absolute atomic E-state index is 13.9. The van der Waals surface area contributed by atoms with Crippen LogP contribution in [0.25, 0.3) is 10.8 Å². The third kappa shape index (κ3) is 5.11. The van der Waals surface area contributed by atoms with Crippen molar-refractivity contribution in [2.45, 2.75) is 24.9 Å². The van der Waals surface area contributed by atoms with Crippen LogP contribution in [0.2, 0.25) is 0 Å². The van der Waals surface area contributed by atoms with Gasteiger partial charge in [0.1, 0.15) is 17.4 Å². The number of carbonyl (C=O) groups excluding carboxylic acids is 2. The van der Waals surface area contributed by atoms with Crippen molar-refractivity contribution in [2.24, 2.45) is 0 Å². The molecule has 1 unspecified atom stereocenters. The summed E-state index contributed by atoms with van der Waals surface area (Å²) in [6.07, 6.45) is 3.13. The van der Waals surface area contributed by atoms with E-state index in [0.29, 0.717) is 35.6 Å². The fourth-order valence-electron chi connectivity index (χ4n) is 5.09. The highest BCUT2D eigenvalue weighted by molar-refractivity contribution is 5.91. The molecule has 1 aliphatic rings. The molecule has 2 N–H and O–H groups in total. The summed E-state index contributed by atoms with van der Waals surface area (Å²) in [4.78, 5) is 34.4. The third-order valence-corrected chi connectivity index (χ3v) is 7.00. The van der Waals surface area contributed by atoms with E-state index in [9.17, 15) is 9.59 Å². The summed E-state index contributed by atoms with van der Waals surface area (Å²) in [7, 11) is 0. The van der Waals surface area contributed by atoms with E-state index < -0.39 is 18.0 Å². The fraction of sp³-hybridized carbons (Fsp3) is 0.156. The molecule has 5 aromatic rings. The van der Waals surface area contributed by atoms with Gasteiger partial charge in [-0.2, -0.15) is 0 Å². The molecule has 0 aliphatic carbocycles. The molecule has 0 saturated heterocycles. The maximum Gasteiger partial charge on any atom is 0.319 e. The van der Waals surface area contributed by atoms with Gasteiger partial charge in [0.15, 0.2) is 6.10 Å². The van der Waals surface area contributed by atoms with Crippen molar-refractivity contribution in [2.75, 3.05) is 6.54 Å². The molecule has 1 aromatic heterocycles. The van der Waals surface area contributed by atoms with Crippen molar-refractivity contribution in [3.8, 4) is 11.5 Å². The van der Waals surface area contributed by atoms with Crippen molar-refractivity contribution in [1.29, 1.82) is 0 Å². The van der Waals surface area contributed by atoms with Gasteiger partial charge in [-0.05, 0) is 28.5 Å². The Kier molecular flexibility index (Phi) is 6.78. The number of H-pyrrole nitrogens is 1. The number of ether oxygens (including phenoxy) is 2. The Morgan fingerprint density at radius 3 is 2.33 bits per heavy atom. The second-order valence-electron chi connectivity index (χ2n) is 9.50. The number of nitrogens with one attached hydrogen (secondary N) is 2. The van der Waals surface area contributed by atoms with Crippen LogP contribution in [0.4, 0.5) is 0 Å². The number of nitrogens with zero attached hydrogens (tertiary/aromatic N) is 1. The van der Waals surface area contributed by atoms with E-state index in [1.807, 2.05) is 91.0 Å². The van der Waals surface area contributed by atoms with Crippen LogP contribution in [0, 0.1) is 0 Å². The molecule has 4 aromatic carbocycles. The fourth-order valence-corrected chi connectivity index (χ4v) is 5.09. The average molecular weight is 518 g/mol. The predicted molar refractivity (Wildman–Crippen MR) is 148 cm³/mol. The molecule has 6 rings (SSSR count). The van der Waals surface area contributed by atoms with E-state index in [1.54, 1.807) is 12.5 Å². The number of amides is 1. The van der Waals surface area contributed by atoms with Gasteiger partial charge in [-0.15, -0.1) is 0 Å². The Balaban J connectivity index is 1.29. The van der Waals surface area contributed by atoms with Crippen molar-refractivity contribution >= 4 is 22.6 Å². The minimum absolute atomic E-state index is 0.246. The molecule has 0 saturated carbocycles. The lowest BCUT2D eigenvalue weighted by molar-refractivity contribution is -0.156. The second-order valence-corrected chi connectivity index (χ2v) is 9.50. The van der Waals surface area contributed by atoms with E-state index in [-0.39, 0.29) is 12.3 Å². The monoisotopic (exact) mass is 517 g/mol. The van der Waals surface area contributed by atoms with E-state index in [2.05, 4.69) is 15.3 Å². The van der Waals surface area contributed by atoms with Gasteiger partial charge in [0, 0.05) is 42.4 Å². The van der Waals surface area contributed by atoms with Crippen LogP contribution >= 0.6 is 0 Å². The summed E-state index contributed by atoms with van der Waals surface area (Å²) in [5.41, 5.74) is 3.27. The summed E-state index contributed by atoms with van der Waals surface area (Å²) in [5.74, 6) is -0.337. The Morgan fingerprint density at radius 1 is 0.897 bits per heavy atom. The van der Waals surface area contributed by atoms with E-state index >= 15 is 0 Å². The molecule has 2 heterocycles. The number of aromatic nitrogens is 2. The summed E-state index contributed by atoms with van der Waals surface area (Å²) < 4.78 is 12.1. The Labute approximate surface area is 225 Å². The number of hydrogen-bond acceptors (Lipinski definition) is 5. The molecule has 7 heteroatoms. The quantitative estimate of drug-likeness (QED) is 0.272. The first-order chi connectivity index (χ1) is 19.2. The number of aromatic amines is 1. The van der Waals surface area contributed by atoms with E-state index in [0.717, 1.165) is 22.0 Å². The SMILES string of the molecule is O=C(NCCc1cnc[nH]1)C(Cc1cccc2ccccc12)OC(=O)C1c2ccccc2Oc2ccccc21. The van der Waals surface area contributed by atoms with Gasteiger partial charge in [-0.25, -0.2) is 4.98 Å².